The topological polar surface area (TPSA) is 72.1 Å². The van der Waals surface area contributed by atoms with E-state index in [0.29, 0.717) is 13.0 Å². The van der Waals surface area contributed by atoms with E-state index in [0.717, 1.165) is 37.4 Å². The van der Waals surface area contributed by atoms with Crippen molar-refractivity contribution in [3.8, 4) is 0 Å². The first-order valence-corrected chi connectivity index (χ1v) is 6.98. The lowest BCUT2D eigenvalue weighted by Crippen LogP contribution is -2.42. The van der Waals surface area contributed by atoms with Gasteiger partial charge in [-0.1, -0.05) is 0 Å². The predicted molar refractivity (Wildman–Crippen MR) is 73.4 cm³/mol. The van der Waals surface area contributed by atoms with E-state index in [1.165, 1.54) is 6.42 Å². The Labute approximate surface area is 114 Å². The molecule has 2 heterocycles. The van der Waals surface area contributed by atoms with Crippen LogP contribution >= 0.6 is 0 Å². The van der Waals surface area contributed by atoms with Crippen LogP contribution in [0.25, 0.3) is 0 Å². The fourth-order valence-electron chi connectivity index (χ4n) is 2.52. The summed E-state index contributed by atoms with van der Waals surface area (Å²) in [7, 11) is 0. The number of amides is 1. The number of carbonyl (C=O) groups excluding carboxylic acids is 1. The van der Waals surface area contributed by atoms with Crippen LogP contribution in [-0.2, 0) is 11.2 Å². The maximum atomic E-state index is 12.4. The highest BCUT2D eigenvalue weighted by atomic mass is 16.2. The van der Waals surface area contributed by atoms with Gasteiger partial charge in [0.05, 0.1) is 5.92 Å². The van der Waals surface area contributed by atoms with Crippen molar-refractivity contribution in [2.75, 3.05) is 19.6 Å². The summed E-state index contributed by atoms with van der Waals surface area (Å²) in [4.78, 5) is 22.8. The van der Waals surface area contributed by atoms with Crippen LogP contribution in [0.15, 0.2) is 12.3 Å². The summed E-state index contributed by atoms with van der Waals surface area (Å²) in [5.74, 6) is 0.754. The largest absolute Gasteiger partial charge is 0.342 e. The molecule has 0 radical (unpaired) electrons. The number of hydrogen-bond acceptors (Lipinski definition) is 4. The van der Waals surface area contributed by atoms with Crippen LogP contribution in [0.4, 0.5) is 0 Å². The number of aromatic nitrogens is 2. The number of hydrogen-bond donors (Lipinski definition) is 1. The molecule has 0 aromatic carbocycles. The quantitative estimate of drug-likeness (QED) is 0.875. The van der Waals surface area contributed by atoms with Crippen molar-refractivity contribution in [3.63, 3.8) is 0 Å². The predicted octanol–water partition coefficient (Wildman–Crippen LogP) is 0.915. The van der Waals surface area contributed by atoms with Gasteiger partial charge >= 0.3 is 0 Å². The van der Waals surface area contributed by atoms with Crippen LogP contribution in [0.1, 0.15) is 30.8 Å². The lowest BCUT2D eigenvalue weighted by Gasteiger charge is -2.30. The molecule has 1 amide bonds. The van der Waals surface area contributed by atoms with E-state index in [1.807, 2.05) is 17.9 Å². The molecule has 0 saturated carbocycles. The molecule has 1 aliphatic heterocycles. The summed E-state index contributed by atoms with van der Waals surface area (Å²) < 4.78 is 0. The number of likely N-dealkylation sites (tertiary alicyclic amines) is 1. The number of nitrogens with two attached hydrogens (primary N) is 1. The molecule has 1 aromatic rings. The van der Waals surface area contributed by atoms with E-state index in [9.17, 15) is 4.79 Å². The van der Waals surface area contributed by atoms with E-state index >= 15 is 0 Å². The van der Waals surface area contributed by atoms with Gasteiger partial charge in [-0.2, -0.15) is 0 Å². The molecule has 1 aromatic heterocycles. The second-order valence-electron chi connectivity index (χ2n) is 5.12. The average molecular weight is 262 g/mol. The van der Waals surface area contributed by atoms with Crippen LogP contribution in [0.2, 0.25) is 0 Å². The highest BCUT2D eigenvalue weighted by molar-refractivity contribution is 5.79. The molecule has 5 nitrogen and oxygen atoms in total. The molecular weight excluding hydrogens is 240 g/mol. The zero-order chi connectivity index (χ0) is 13.7. The minimum absolute atomic E-state index is 0.160. The molecule has 1 aliphatic rings. The second-order valence-corrected chi connectivity index (χ2v) is 5.12. The Bertz CT molecular complexity index is 429. The van der Waals surface area contributed by atoms with E-state index in [-0.39, 0.29) is 11.8 Å². The van der Waals surface area contributed by atoms with Crippen molar-refractivity contribution >= 4 is 5.91 Å². The van der Waals surface area contributed by atoms with E-state index in [1.54, 1.807) is 6.20 Å². The van der Waals surface area contributed by atoms with Crippen LogP contribution in [0, 0.1) is 12.8 Å². The summed E-state index contributed by atoms with van der Waals surface area (Å²) in [5.41, 5.74) is 6.67. The summed E-state index contributed by atoms with van der Waals surface area (Å²) in [6, 6.07) is 1.86. The first-order chi connectivity index (χ1) is 9.20. The third kappa shape index (κ3) is 3.73. The molecule has 1 atom stereocenters. The maximum absolute atomic E-state index is 12.4. The average Bonchev–Trinajstić information content (AvgIpc) is 2.45. The summed E-state index contributed by atoms with van der Waals surface area (Å²) in [6.07, 6.45) is 5.78. The van der Waals surface area contributed by atoms with Crippen LogP contribution in [0.5, 0.6) is 0 Å². The van der Waals surface area contributed by atoms with Gasteiger partial charge in [-0.05, 0) is 32.3 Å². The van der Waals surface area contributed by atoms with Gasteiger partial charge < -0.3 is 10.6 Å². The first kappa shape index (κ1) is 13.9. The van der Waals surface area contributed by atoms with Crippen molar-refractivity contribution in [3.05, 3.63) is 23.8 Å². The van der Waals surface area contributed by atoms with E-state index < -0.39 is 0 Å². The first-order valence-electron chi connectivity index (χ1n) is 6.98. The standard InChI is InChI=1S/C14H22N4O/c1-11-16-6-5-13(17-11)9-12(10-15)14(19)18-7-3-2-4-8-18/h5-6,12H,2-4,7-10,15H2,1H3. The Morgan fingerprint density at radius 2 is 2.16 bits per heavy atom. The third-order valence-corrected chi connectivity index (χ3v) is 3.59. The van der Waals surface area contributed by atoms with Gasteiger partial charge in [-0.25, -0.2) is 9.97 Å². The summed E-state index contributed by atoms with van der Waals surface area (Å²) in [5, 5.41) is 0. The van der Waals surface area contributed by atoms with Gasteiger partial charge in [0.15, 0.2) is 0 Å². The van der Waals surface area contributed by atoms with Gasteiger partial charge in [0, 0.05) is 37.9 Å². The molecule has 1 unspecified atom stereocenters. The molecule has 0 aliphatic carbocycles. The van der Waals surface area contributed by atoms with Gasteiger partial charge in [0.25, 0.3) is 0 Å². The summed E-state index contributed by atoms with van der Waals surface area (Å²) >= 11 is 0. The monoisotopic (exact) mass is 262 g/mol. The highest BCUT2D eigenvalue weighted by Gasteiger charge is 2.25. The molecule has 5 heteroatoms. The molecular formula is C14H22N4O. The van der Waals surface area contributed by atoms with Gasteiger partial charge in [-0.3, -0.25) is 4.79 Å². The Morgan fingerprint density at radius 3 is 2.79 bits per heavy atom. The van der Waals surface area contributed by atoms with Gasteiger partial charge in [0.2, 0.25) is 5.91 Å². The van der Waals surface area contributed by atoms with Crippen LogP contribution in [-0.4, -0.2) is 40.4 Å². The van der Waals surface area contributed by atoms with Gasteiger partial charge in [0.1, 0.15) is 5.82 Å². The Morgan fingerprint density at radius 1 is 1.42 bits per heavy atom. The van der Waals surface area contributed by atoms with Gasteiger partial charge in [-0.15, -0.1) is 0 Å². The fourth-order valence-corrected chi connectivity index (χ4v) is 2.52. The smallest absolute Gasteiger partial charge is 0.227 e. The molecule has 1 saturated heterocycles. The minimum Gasteiger partial charge on any atom is -0.342 e. The van der Waals surface area contributed by atoms with Crippen LogP contribution in [0.3, 0.4) is 0 Å². The SMILES string of the molecule is Cc1nccc(CC(CN)C(=O)N2CCCCC2)n1. The Kier molecular flexibility index (Phi) is 4.85. The number of carbonyl (C=O) groups is 1. The third-order valence-electron chi connectivity index (χ3n) is 3.59. The summed E-state index contributed by atoms with van der Waals surface area (Å²) in [6.45, 7) is 3.97. The Hall–Kier alpha value is -1.49. The normalized spacial score (nSPS) is 17.3. The van der Waals surface area contributed by atoms with E-state index in [2.05, 4.69) is 9.97 Å². The fraction of sp³-hybridized carbons (Fsp3) is 0.643. The number of rotatable bonds is 4. The lowest BCUT2D eigenvalue weighted by atomic mass is 10.00. The van der Waals surface area contributed by atoms with Crippen molar-refractivity contribution < 1.29 is 4.79 Å². The number of aryl methyl sites for hydroxylation is 1. The maximum Gasteiger partial charge on any atom is 0.227 e. The minimum atomic E-state index is -0.160. The molecule has 0 bridgehead atoms. The molecule has 2 N–H and O–H groups in total. The van der Waals surface area contributed by atoms with Crippen molar-refractivity contribution in [1.29, 1.82) is 0 Å². The van der Waals surface area contributed by atoms with Crippen LogP contribution < -0.4 is 5.73 Å². The van der Waals surface area contributed by atoms with Crippen molar-refractivity contribution in [2.45, 2.75) is 32.6 Å². The highest BCUT2D eigenvalue weighted by Crippen LogP contribution is 2.14. The molecule has 0 spiro atoms. The molecule has 1 fully saturated rings. The Balaban J connectivity index is 2.00. The molecule has 2 rings (SSSR count). The van der Waals surface area contributed by atoms with Crippen molar-refractivity contribution in [1.82, 2.24) is 14.9 Å². The second kappa shape index (κ2) is 6.61. The molecule has 19 heavy (non-hydrogen) atoms. The lowest BCUT2D eigenvalue weighted by molar-refractivity contribution is -0.136. The van der Waals surface area contributed by atoms with Crippen molar-refractivity contribution in [2.24, 2.45) is 11.7 Å². The zero-order valence-corrected chi connectivity index (χ0v) is 11.5. The number of nitrogens with zero attached hydrogens (tertiary/aromatic N) is 3. The molecule has 104 valence electrons. The van der Waals surface area contributed by atoms with E-state index in [4.69, 9.17) is 5.73 Å². The zero-order valence-electron chi connectivity index (χ0n) is 11.5. The number of piperidine rings is 1.